The van der Waals surface area contributed by atoms with Gasteiger partial charge in [0.2, 0.25) is 11.8 Å². The van der Waals surface area contributed by atoms with E-state index < -0.39 is 17.7 Å². The van der Waals surface area contributed by atoms with Crippen molar-refractivity contribution in [3.8, 4) is 17.4 Å². The van der Waals surface area contributed by atoms with E-state index in [9.17, 15) is 14.0 Å². The maximum atomic E-state index is 14.2. The van der Waals surface area contributed by atoms with Crippen molar-refractivity contribution >= 4 is 17.7 Å². The first-order valence-corrected chi connectivity index (χ1v) is 13.1. The predicted octanol–water partition coefficient (Wildman–Crippen LogP) is 6.42. The molecule has 0 saturated carbocycles. The second kappa shape index (κ2) is 10.9. The fourth-order valence-corrected chi connectivity index (χ4v) is 4.82. The van der Waals surface area contributed by atoms with Gasteiger partial charge in [0.15, 0.2) is 0 Å². The van der Waals surface area contributed by atoms with Crippen molar-refractivity contribution in [3.63, 3.8) is 0 Å². The molecule has 3 aromatic rings. The third kappa shape index (κ3) is 6.30. The molecule has 1 fully saturated rings. The maximum absolute atomic E-state index is 14.2. The van der Waals surface area contributed by atoms with E-state index in [2.05, 4.69) is 10.3 Å². The topological polar surface area (TPSA) is 90.0 Å². The maximum Gasteiger partial charge on any atom is 0.410 e. The first-order valence-electron chi connectivity index (χ1n) is 13.1. The summed E-state index contributed by atoms with van der Waals surface area (Å²) in [6.07, 6.45) is 3.40. The Kier molecular flexibility index (Phi) is 7.41. The monoisotopic (exact) mass is 533 g/mol. The van der Waals surface area contributed by atoms with E-state index in [4.69, 9.17) is 14.2 Å². The van der Waals surface area contributed by atoms with Crippen LogP contribution in [0, 0.1) is 5.82 Å². The summed E-state index contributed by atoms with van der Waals surface area (Å²) in [5.41, 5.74) is 1.41. The molecule has 2 aliphatic rings. The van der Waals surface area contributed by atoms with Gasteiger partial charge in [0.05, 0.1) is 11.9 Å². The highest BCUT2D eigenvalue weighted by Crippen LogP contribution is 2.38. The Morgan fingerprint density at radius 3 is 2.67 bits per heavy atom. The zero-order chi connectivity index (χ0) is 27.6. The van der Waals surface area contributed by atoms with Gasteiger partial charge in [-0.3, -0.25) is 9.69 Å². The predicted molar refractivity (Wildman–Crippen MR) is 143 cm³/mol. The van der Waals surface area contributed by atoms with E-state index in [-0.39, 0.29) is 17.8 Å². The zero-order valence-electron chi connectivity index (χ0n) is 22.3. The number of carbonyl (C=O) groups is 2. The van der Waals surface area contributed by atoms with Crippen LogP contribution in [-0.2, 0) is 16.0 Å². The third-order valence-corrected chi connectivity index (χ3v) is 6.64. The van der Waals surface area contributed by atoms with Gasteiger partial charge in [0.25, 0.3) is 0 Å². The number of hydrogen-bond acceptors (Lipinski definition) is 6. The van der Waals surface area contributed by atoms with Gasteiger partial charge in [-0.05, 0) is 82.3 Å². The SMILES string of the molecule is CC(C)(C)OC(=O)N1CCC[C@H]1C(=O)Nc1ccc(Oc2ccc3c(c2)CCC(c2ccccc2F)O3)nc1. The van der Waals surface area contributed by atoms with Gasteiger partial charge in [0.1, 0.15) is 35.1 Å². The number of benzene rings is 2. The molecule has 3 heterocycles. The van der Waals surface area contributed by atoms with Gasteiger partial charge >= 0.3 is 6.09 Å². The van der Waals surface area contributed by atoms with Crippen LogP contribution in [0.5, 0.6) is 17.4 Å². The van der Waals surface area contributed by atoms with Gasteiger partial charge in [0, 0.05) is 18.2 Å². The molecule has 5 rings (SSSR count). The molecule has 0 aliphatic carbocycles. The number of ether oxygens (including phenoxy) is 3. The van der Waals surface area contributed by atoms with Crippen LogP contribution in [0.1, 0.15) is 57.3 Å². The summed E-state index contributed by atoms with van der Waals surface area (Å²) in [4.78, 5) is 31.2. The number of likely N-dealkylation sites (tertiary alicyclic amines) is 1. The summed E-state index contributed by atoms with van der Waals surface area (Å²) in [5, 5.41) is 2.84. The second-order valence-corrected chi connectivity index (χ2v) is 10.7. The van der Waals surface area contributed by atoms with Crippen LogP contribution >= 0.6 is 0 Å². The van der Waals surface area contributed by atoms with Crippen LogP contribution in [0.25, 0.3) is 0 Å². The average Bonchev–Trinajstić information content (AvgIpc) is 3.40. The van der Waals surface area contributed by atoms with Crippen molar-refractivity contribution in [1.29, 1.82) is 0 Å². The van der Waals surface area contributed by atoms with Gasteiger partial charge in [-0.2, -0.15) is 0 Å². The standard InChI is InChI=1S/C30H32FN3O5/c1-30(2,3)39-29(36)34-16-6-9-24(34)28(35)33-20-11-15-27(32-18-20)37-21-12-14-25-19(17-21)10-13-26(38-25)22-7-4-5-8-23(22)31/h4-5,7-8,11-12,14-15,17-18,24,26H,6,9-10,13,16H2,1-3H3,(H,33,35)/t24-,26?/m0/s1. The molecule has 2 atom stereocenters. The number of nitrogens with one attached hydrogen (secondary N) is 1. The Bertz CT molecular complexity index is 1360. The molecule has 2 amide bonds. The van der Waals surface area contributed by atoms with E-state index in [1.165, 1.54) is 17.2 Å². The number of anilines is 1. The molecular formula is C30H32FN3O5. The fraction of sp³-hybridized carbons (Fsp3) is 0.367. The highest BCUT2D eigenvalue weighted by Gasteiger charge is 2.36. The lowest BCUT2D eigenvalue weighted by atomic mass is 9.97. The molecule has 1 unspecified atom stereocenters. The lowest BCUT2D eigenvalue weighted by Crippen LogP contribution is -2.45. The smallest absolute Gasteiger partial charge is 0.410 e. The summed E-state index contributed by atoms with van der Waals surface area (Å²) in [6.45, 7) is 5.88. The Labute approximate surface area is 227 Å². The summed E-state index contributed by atoms with van der Waals surface area (Å²) in [6, 6.07) is 15.0. The van der Waals surface area contributed by atoms with Crippen molar-refractivity contribution in [2.45, 2.75) is 64.2 Å². The molecule has 0 radical (unpaired) electrons. The Hall–Kier alpha value is -4.14. The highest BCUT2D eigenvalue weighted by atomic mass is 19.1. The molecule has 8 nitrogen and oxygen atoms in total. The molecule has 1 N–H and O–H groups in total. The molecular weight excluding hydrogens is 501 g/mol. The summed E-state index contributed by atoms with van der Waals surface area (Å²) in [5.74, 6) is 1.13. The lowest BCUT2D eigenvalue weighted by Gasteiger charge is -2.28. The molecule has 1 saturated heterocycles. The van der Waals surface area contributed by atoms with Gasteiger partial charge in [-0.15, -0.1) is 0 Å². The number of pyridine rings is 1. The van der Waals surface area contributed by atoms with Crippen LogP contribution < -0.4 is 14.8 Å². The first kappa shape index (κ1) is 26.5. The largest absolute Gasteiger partial charge is 0.485 e. The van der Waals surface area contributed by atoms with E-state index in [0.717, 1.165) is 18.4 Å². The number of hydrogen-bond donors (Lipinski definition) is 1. The molecule has 2 aromatic carbocycles. The minimum atomic E-state index is -0.629. The minimum Gasteiger partial charge on any atom is -0.485 e. The van der Waals surface area contributed by atoms with Crippen molar-refractivity contribution < 1.29 is 28.2 Å². The van der Waals surface area contributed by atoms with E-state index in [1.807, 2.05) is 18.2 Å². The minimum absolute atomic E-state index is 0.264. The van der Waals surface area contributed by atoms with E-state index in [0.29, 0.717) is 48.0 Å². The zero-order valence-corrected chi connectivity index (χ0v) is 22.3. The molecule has 1 aromatic heterocycles. The molecule has 0 bridgehead atoms. The lowest BCUT2D eigenvalue weighted by molar-refractivity contribution is -0.120. The number of carbonyl (C=O) groups excluding carboxylic acids is 2. The number of fused-ring (bicyclic) bond motifs is 1. The van der Waals surface area contributed by atoms with Crippen molar-refractivity contribution in [3.05, 3.63) is 77.7 Å². The van der Waals surface area contributed by atoms with Gasteiger partial charge in [-0.1, -0.05) is 18.2 Å². The molecule has 0 spiro atoms. The van der Waals surface area contributed by atoms with Crippen molar-refractivity contribution in [2.24, 2.45) is 0 Å². The van der Waals surface area contributed by atoms with E-state index in [1.54, 1.807) is 51.1 Å². The molecule has 39 heavy (non-hydrogen) atoms. The summed E-state index contributed by atoms with van der Waals surface area (Å²) < 4.78 is 31.6. The Morgan fingerprint density at radius 2 is 1.92 bits per heavy atom. The molecule has 204 valence electrons. The number of aromatic nitrogens is 1. The van der Waals surface area contributed by atoms with Crippen molar-refractivity contribution in [2.75, 3.05) is 11.9 Å². The van der Waals surface area contributed by atoms with Gasteiger partial charge < -0.3 is 19.5 Å². The van der Waals surface area contributed by atoms with Crippen LogP contribution in [0.3, 0.4) is 0 Å². The first-order chi connectivity index (χ1) is 18.7. The number of nitrogens with zero attached hydrogens (tertiary/aromatic N) is 2. The third-order valence-electron chi connectivity index (χ3n) is 6.64. The average molecular weight is 534 g/mol. The van der Waals surface area contributed by atoms with Crippen LogP contribution in [0.4, 0.5) is 14.9 Å². The fourth-order valence-electron chi connectivity index (χ4n) is 4.82. The quantitative estimate of drug-likeness (QED) is 0.407. The van der Waals surface area contributed by atoms with Crippen LogP contribution in [0.15, 0.2) is 60.8 Å². The second-order valence-electron chi connectivity index (χ2n) is 10.7. The van der Waals surface area contributed by atoms with Crippen molar-refractivity contribution in [1.82, 2.24) is 9.88 Å². The summed E-state index contributed by atoms with van der Waals surface area (Å²) >= 11 is 0. The normalized spacial score (nSPS) is 18.6. The molecule has 2 aliphatic heterocycles. The summed E-state index contributed by atoms with van der Waals surface area (Å²) in [7, 11) is 0. The van der Waals surface area contributed by atoms with Gasteiger partial charge in [-0.25, -0.2) is 14.2 Å². The number of amides is 2. The number of halogens is 1. The van der Waals surface area contributed by atoms with E-state index >= 15 is 0 Å². The number of aryl methyl sites for hydroxylation is 1. The molecule has 9 heteroatoms. The van der Waals surface area contributed by atoms with Crippen LogP contribution in [-0.4, -0.2) is 40.1 Å². The Morgan fingerprint density at radius 1 is 1.10 bits per heavy atom. The number of rotatable bonds is 5. The van der Waals surface area contributed by atoms with Crippen LogP contribution in [0.2, 0.25) is 0 Å². The highest BCUT2D eigenvalue weighted by molar-refractivity contribution is 5.96. The Balaban J connectivity index is 1.18.